The van der Waals surface area contributed by atoms with Crippen molar-refractivity contribution in [2.24, 2.45) is 0 Å². The van der Waals surface area contributed by atoms with Crippen molar-refractivity contribution in [3.63, 3.8) is 0 Å². The number of carbonyl (C=O) groups is 2. The van der Waals surface area contributed by atoms with Gasteiger partial charge in [-0.05, 0) is 18.2 Å². The van der Waals surface area contributed by atoms with Crippen molar-refractivity contribution < 1.29 is 18.9 Å². The maximum atomic E-state index is 11.7. The second-order valence-electron chi connectivity index (χ2n) is 4.31. The molecule has 0 unspecified atom stereocenters. The van der Waals surface area contributed by atoms with Crippen molar-refractivity contribution in [1.29, 1.82) is 0 Å². The van der Waals surface area contributed by atoms with Gasteiger partial charge in [0, 0.05) is 19.0 Å². The van der Waals surface area contributed by atoms with Gasteiger partial charge in [-0.3, -0.25) is 19.7 Å². The Morgan fingerprint density at radius 2 is 1.91 bits per heavy atom. The molecule has 0 atom stereocenters. The Kier molecular flexibility index (Phi) is 4.86. The largest absolute Gasteiger partial charge is 0.469 e. The molecule has 0 bridgehead atoms. The van der Waals surface area contributed by atoms with Crippen LogP contribution in [0.25, 0.3) is 0 Å². The molecule has 1 aromatic carbocycles. The van der Waals surface area contributed by atoms with Crippen LogP contribution >= 0.6 is 0 Å². The number of amides is 2. The summed E-state index contributed by atoms with van der Waals surface area (Å²) in [4.78, 5) is 33.5. The summed E-state index contributed by atoms with van der Waals surface area (Å²) in [6.07, 6.45) is 1.95. The molecule has 8 heteroatoms. The molecule has 8 nitrogen and oxygen atoms in total. The van der Waals surface area contributed by atoms with Crippen LogP contribution in [-0.2, 0) is 16.0 Å². The lowest BCUT2D eigenvalue weighted by molar-refractivity contribution is -0.383. The summed E-state index contributed by atoms with van der Waals surface area (Å²) in [5, 5.41) is 15.4. The number of para-hydroxylation sites is 2. The van der Waals surface area contributed by atoms with Gasteiger partial charge in [-0.1, -0.05) is 12.1 Å². The van der Waals surface area contributed by atoms with E-state index in [-0.39, 0.29) is 17.9 Å². The topological polar surface area (TPSA) is 114 Å². The zero-order valence-electron chi connectivity index (χ0n) is 11.4. The Morgan fingerprint density at radius 3 is 2.59 bits per heavy atom. The minimum absolute atomic E-state index is 0.0290. The lowest BCUT2D eigenvalue weighted by Gasteiger charge is -2.06. The molecule has 2 N–H and O–H groups in total. The number of hydrogen-bond donors (Lipinski definition) is 2. The van der Waals surface area contributed by atoms with Crippen LogP contribution < -0.4 is 10.6 Å². The Balaban J connectivity index is 1.89. The molecule has 0 saturated carbocycles. The first-order valence-corrected chi connectivity index (χ1v) is 6.43. The summed E-state index contributed by atoms with van der Waals surface area (Å²) in [7, 11) is 0. The van der Waals surface area contributed by atoms with Crippen molar-refractivity contribution >= 4 is 23.2 Å². The number of nitrogens with zero attached hydrogens (tertiary/aromatic N) is 1. The lowest BCUT2D eigenvalue weighted by Crippen LogP contribution is -2.36. The molecule has 2 amide bonds. The molecular weight excluding hydrogens is 290 g/mol. The predicted molar refractivity (Wildman–Crippen MR) is 77.1 cm³/mol. The Hall–Kier alpha value is -3.16. The van der Waals surface area contributed by atoms with Gasteiger partial charge in [0.25, 0.3) is 5.69 Å². The van der Waals surface area contributed by atoms with Gasteiger partial charge in [0.15, 0.2) is 0 Å². The number of anilines is 1. The van der Waals surface area contributed by atoms with Gasteiger partial charge in [0.1, 0.15) is 11.4 Å². The maximum absolute atomic E-state index is 11.7. The number of rotatable bonds is 5. The van der Waals surface area contributed by atoms with E-state index >= 15 is 0 Å². The normalized spacial score (nSPS) is 10.0. The highest BCUT2D eigenvalue weighted by atomic mass is 16.6. The quantitative estimate of drug-likeness (QED) is 0.493. The molecule has 1 heterocycles. The van der Waals surface area contributed by atoms with Crippen molar-refractivity contribution in [3.05, 3.63) is 58.5 Å². The summed E-state index contributed by atoms with van der Waals surface area (Å²) in [5.41, 5.74) is -0.307. The molecule has 0 aliphatic rings. The van der Waals surface area contributed by atoms with Crippen LogP contribution in [0, 0.1) is 10.1 Å². The summed E-state index contributed by atoms with van der Waals surface area (Å²) >= 11 is 0. The van der Waals surface area contributed by atoms with Gasteiger partial charge in [-0.25, -0.2) is 0 Å². The molecular formula is C14H13N3O5. The summed E-state index contributed by atoms with van der Waals surface area (Å²) < 4.78 is 5.09. The molecule has 1 aromatic heterocycles. The van der Waals surface area contributed by atoms with Crippen LogP contribution in [-0.4, -0.2) is 23.3 Å². The third-order valence-corrected chi connectivity index (χ3v) is 2.79. The lowest BCUT2D eigenvalue weighted by atomic mass is 10.2. The van der Waals surface area contributed by atoms with Crippen molar-refractivity contribution in [3.8, 4) is 0 Å². The van der Waals surface area contributed by atoms with Crippen LogP contribution in [0.5, 0.6) is 0 Å². The SMILES string of the molecule is O=C(NCCc1ccco1)C(=O)Nc1ccccc1[N+](=O)[O-]. The number of nitrogens with one attached hydrogen (secondary N) is 2. The average molecular weight is 303 g/mol. The van der Waals surface area contributed by atoms with E-state index in [1.54, 1.807) is 12.1 Å². The number of furan rings is 1. The van der Waals surface area contributed by atoms with Gasteiger partial charge >= 0.3 is 11.8 Å². The van der Waals surface area contributed by atoms with Crippen LogP contribution in [0.4, 0.5) is 11.4 Å². The third kappa shape index (κ3) is 3.92. The maximum Gasteiger partial charge on any atom is 0.313 e. The highest BCUT2D eigenvalue weighted by Gasteiger charge is 2.19. The van der Waals surface area contributed by atoms with E-state index < -0.39 is 16.7 Å². The molecule has 2 aromatic rings. The first-order valence-electron chi connectivity index (χ1n) is 6.43. The van der Waals surface area contributed by atoms with Crippen LogP contribution in [0.3, 0.4) is 0 Å². The molecule has 114 valence electrons. The van der Waals surface area contributed by atoms with E-state index in [9.17, 15) is 19.7 Å². The smallest absolute Gasteiger partial charge is 0.313 e. The standard InChI is InChI=1S/C14H13N3O5/c18-13(15-8-7-10-4-3-9-22-10)14(19)16-11-5-1-2-6-12(11)17(20)21/h1-6,9H,7-8H2,(H,15,18)(H,16,19). The highest BCUT2D eigenvalue weighted by molar-refractivity contribution is 6.39. The van der Waals surface area contributed by atoms with E-state index in [4.69, 9.17) is 4.42 Å². The first kappa shape index (κ1) is 15.2. The van der Waals surface area contributed by atoms with Crippen molar-refractivity contribution in [1.82, 2.24) is 5.32 Å². The van der Waals surface area contributed by atoms with E-state index in [0.717, 1.165) is 0 Å². The Bertz CT molecular complexity index is 682. The van der Waals surface area contributed by atoms with Crippen LogP contribution in [0.1, 0.15) is 5.76 Å². The van der Waals surface area contributed by atoms with Crippen molar-refractivity contribution in [2.45, 2.75) is 6.42 Å². The monoisotopic (exact) mass is 303 g/mol. The zero-order valence-corrected chi connectivity index (χ0v) is 11.4. The zero-order chi connectivity index (χ0) is 15.9. The minimum atomic E-state index is -0.964. The van der Waals surface area contributed by atoms with E-state index in [1.165, 1.54) is 30.5 Å². The molecule has 0 spiro atoms. The fourth-order valence-electron chi connectivity index (χ4n) is 1.75. The predicted octanol–water partition coefficient (Wildman–Crippen LogP) is 1.49. The van der Waals surface area contributed by atoms with Gasteiger partial charge in [-0.2, -0.15) is 0 Å². The second kappa shape index (κ2) is 7.02. The molecule has 0 aliphatic heterocycles. The number of carbonyl (C=O) groups excluding carboxylic acids is 2. The summed E-state index contributed by atoms with van der Waals surface area (Å²) in [6.45, 7) is 0.219. The van der Waals surface area contributed by atoms with Crippen LogP contribution in [0.15, 0.2) is 47.1 Å². The molecule has 0 saturated heterocycles. The fraction of sp³-hybridized carbons (Fsp3) is 0.143. The molecule has 22 heavy (non-hydrogen) atoms. The van der Waals surface area contributed by atoms with Crippen LogP contribution in [0.2, 0.25) is 0 Å². The van der Waals surface area contributed by atoms with E-state index in [2.05, 4.69) is 10.6 Å². The van der Waals surface area contributed by atoms with E-state index in [0.29, 0.717) is 12.2 Å². The van der Waals surface area contributed by atoms with E-state index in [1.807, 2.05) is 0 Å². The summed E-state index contributed by atoms with van der Waals surface area (Å²) in [5.74, 6) is -1.15. The van der Waals surface area contributed by atoms with Gasteiger partial charge in [-0.15, -0.1) is 0 Å². The number of nitro groups is 1. The highest BCUT2D eigenvalue weighted by Crippen LogP contribution is 2.22. The minimum Gasteiger partial charge on any atom is -0.469 e. The van der Waals surface area contributed by atoms with Gasteiger partial charge < -0.3 is 15.1 Å². The van der Waals surface area contributed by atoms with Crippen molar-refractivity contribution in [2.75, 3.05) is 11.9 Å². The third-order valence-electron chi connectivity index (χ3n) is 2.79. The van der Waals surface area contributed by atoms with Gasteiger partial charge in [0.05, 0.1) is 11.2 Å². The molecule has 0 fully saturated rings. The number of benzene rings is 1. The molecule has 2 rings (SSSR count). The Morgan fingerprint density at radius 1 is 1.14 bits per heavy atom. The molecule has 0 radical (unpaired) electrons. The summed E-state index contributed by atoms with van der Waals surface area (Å²) in [6, 6.07) is 9.06. The Labute approximate surface area is 125 Å². The first-order chi connectivity index (χ1) is 10.6. The number of nitro benzene ring substituents is 1. The number of hydrogen-bond acceptors (Lipinski definition) is 5. The fourth-order valence-corrected chi connectivity index (χ4v) is 1.75. The molecule has 0 aliphatic carbocycles. The average Bonchev–Trinajstić information content (AvgIpc) is 3.00. The van der Waals surface area contributed by atoms with Gasteiger partial charge in [0.2, 0.25) is 0 Å². The second-order valence-corrected chi connectivity index (χ2v) is 4.31.